The number of anilines is 1. The molecule has 0 unspecified atom stereocenters. The summed E-state index contributed by atoms with van der Waals surface area (Å²) in [6, 6.07) is 8.23. The lowest BCUT2D eigenvalue weighted by Crippen LogP contribution is -2.47. The maximum absolute atomic E-state index is 6.08. The van der Waals surface area contributed by atoms with Crippen LogP contribution in [0.1, 0.15) is 25.0 Å². The zero-order chi connectivity index (χ0) is 12.6. The zero-order valence-electron chi connectivity index (χ0n) is 10.4. The van der Waals surface area contributed by atoms with E-state index in [4.69, 9.17) is 11.6 Å². The molecule has 3 nitrogen and oxygen atoms in total. The Morgan fingerprint density at radius 1 is 1.22 bits per heavy atom. The summed E-state index contributed by atoms with van der Waals surface area (Å²) in [4.78, 5) is 0. The Balaban J connectivity index is 2.04. The van der Waals surface area contributed by atoms with Crippen LogP contribution < -0.4 is 5.32 Å². The SMILES string of the molecule is Cc1nnc(NC2(CCl)CCC2)c2ccccc12. The fourth-order valence-electron chi connectivity index (χ4n) is 2.48. The van der Waals surface area contributed by atoms with Gasteiger partial charge in [-0.2, -0.15) is 5.10 Å². The van der Waals surface area contributed by atoms with E-state index in [1.54, 1.807) is 0 Å². The summed E-state index contributed by atoms with van der Waals surface area (Å²) < 4.78 is 0. The molecule has 0 atom stereocenters. The van der Waals surface area contributed by atoms with Crippen LogP contribution in [0.25, 0.3) is 10.8 Å². The van der Waals surface area contributed by atoms with Crippen molar-refractivity contribution in [3.8, 4) is 0 Å². The third kappa shape index (κ3) is 1.83. The molecule has 0 radical (unpaired) electrons. The molecule has 0 bridgehead atoms. The van der Waals surface area contributed by atoms with Crippen molar-refractivity contribution in [2.75, 3.05) is 11.2 Å². The molecule has 1 aromatic heterocycles. The average molecular weight is 262 g/mol. The third-order valence-corrected chi connectivity index (χ3v) is 4.33. The van der Waals surface area contributed by atoms with Gasteiger partial charge in [0.2, 0.25) is 0 Å². The van der Waals surface area contributed by atoms with Gasteiger partial charge in [-0.15, -0.1) is 16.7 Å². The summed E-state index contributed by atoms with van der Waals surface area (Å²) in [7, 11) is 0. The first-order valence-corrected chi connectivity index (χ1v) is 6.84. The first-order chi connectivity index (χ1) is 8.74. The molecule has 94 valence electrons. The minimum atomic E-state index is 0.0221. The quantitative estimate of drug-likeness (QED) is 0.860. The van der Waals surface area contributed by atoms with Gasteiger partial charge in [-0.25, -0.2) is 0 Å². The highest BCUT2D eigenvalue weighted by Crippen LogP contribution is 2.37. The van der Waals surface area contributed by atoms with Crippen molar-refractivity contribution in [2.45, 2.75) is 31.7 Å². The molecule has 4 heteroatoms. The van der Waals surface area contributed by atoms with E-state index in [1.165, 1.54) is 6.42 Å². The summed E-state index contributed by atoms with van der Waals surface area (Å²) in [5, 5.41) is 14.3. The predicted octanol–water partition coefficient (Wildman–Crippen LogP) is 3.51. The molecule has 18 heavy (non-hydrogen) atoms. The lowest BCUT2D eigenvalue weighted by molar-refractivity contribution is 0.310. The standard InChI is InChI=1S/C14H16ClN3/c1-10-11-5-2-3-6-12(11)13(18-17-10)16-14(9-15)7-4-8-14/h2-3,5-6H,4,7-9H2,1H3,(H,16,18). The highest BCUT2D eigenvalue weighted by molar-refractivity contribution is 6.19. The Hall–Kier alpha value is -1.35. The molecular formula is C14H16ClN3. The van der Waals surface area contributed by atoms with Crippen LogP contribution in [0.4, 0.5) is 5.82 Å². The highest BCUT2D eigenvalue weighted by Gasteiger charge is 2.36. The molecule has 0 spiro atoms. The smallest absolute Gasteiger partial charge is 0.157 e. The molecule has 3 rings (SSSR count). The summed E-state index contributed by atoms with van der Waals surface area (Å²) in [6.07, 6.45) is 3.46. The summed E-state index contributed by atoms with van der Waals surface area (Å²) in [6.45, 7) is 1.99. The minimum Gasteiger partial charge on any atom is -0.361 e. The molecule has 0 amide bonds. The van der Waals surface area contributed by atoms with Crippen molar-refractivity contribution in [2.24, 2.45) is 0 Å². The van der Waals surface area contributed by atoms with Crippen LogP contribution in [0.3, 0.4) is 0 Å². The van der Waals surface area contributed by atoms with Crippen LogP contribution in [0.2, 0.25) is 0 Å². The molecule has 1 fully saturated rings. The third-order valence-electron chi connectivity index (χ3n) is 3.82. The van der Waals surface area contributed by atoms with Crippen LogP contribution in [0, 0.1) is 6.92 Å². The van der Waals surface area contributed by atoms with E-state index < -0.39 is 0 Å². The second-order valence-electron chi connectivity index (χ2n) is 5.07. The van der Waals surface area contributed by atoms with Crippen LogP contribution >= 0.6 is 11.6 Å². The molecule has 1 aliphatic rings. The van der Waals surface area contributed by atoms with Crippen LogP contribution in [0.5, 0.6) is 0 Å². The summed E-state index contributed by atoms with van der Waals surface area (Å²) in [5.74, 6) is 1.48. The number of halogens is 1. The van der Waals surface area contributed by atoms with Crippen molar-refractivity contribution in [3.63, 3.8) is 0 Å². The summed E-state index contributed by atoms with van der Waals surface area (Å²) >= 11 is 6.08. The van der Waals surface area contributed by atoms with E-state index in [9.17, 15) is 0 Å². The maximum Gasteiger partial charge on any atom is 0.157 e. The number of rotatable bonds is 3. The van der Waals surface area contributed by atoms with Crippen molar-refractivity contribution in [1.29, 1.82) is 0 Å². The van der Waals surface area contributed by atoms with Gasteiger partial charge in [0.1, 0.15) is 0 Å². The number of benzene rings is 1. The largest absolute Gasteiger partial charge is 0.361 e. The molecule has 1 aliphatic carbocycles. The first kappa shape index (κ1) is 11.7. The van der Waals surface area contributed by atoms with E-state index in [0.29, 0.717) is 5.88 Å². The number of fused-ring (bicyclic) bond motifs is 1. The number of hydrogen-bond acceptors (Lipinski definition) is 3. The number of aromatic nitrogens is 2. The van der Waals surface area contributed by atoms with Gasteiger partial charge in [0.15, 0.2) is 5.82 Å². The number of alkyl halides is 1. The van der Waals surface area contributed by atoms with E-state index >= 15 is 0 Å². The van der Waals surface area contributed by atoms with E-state index in [1.807, 2.05) is 19.1 Å². The van der Waals surface area contributed by atoms with E-state index in [2.05, 4.69) is 27.6 Å². The molecular weight excluding hydrogens is 246 g/mol. The van der Waals surface area contributed by atoms with Crippen molar-refractivity contribution < 1.29 is 0 Å². The normalized spacial score (nSPS) is 17.4. The highest BCUT2D eigenvalue weighted by atomic mass is 35.5. The topological polar surface area (TPSA) is 37.8 Å². The molecule has 1 saturated carbocycles. The Morgan fingerprint density at radius 3 is 2.56 bits per heavy atom. The predicted molar refractivity (Wildman–Crippen MR) is 75.2 cm³/mol. The van der Waals surface area contributed by atoms with Crippen molar-refractivity contribution >= 4 is 28.2 Å². The Bertz CT molecular complexity index is 573. The fraction of sp³-hybridized carbons (Fsp3) is 0.429. The minimum absolute atomic E-state index is 0.0221. The molecule has 1 heterocycles. The lowest BCUT2D eigenvalue weighted by Gasteiger charge is -2.41. The van der Waals surface area contributed by atoms with E-state index in [-0.39, 0.29) is 5.54 Å². The maximum atomic E-state index is 6.08. The monoisotopic (exact) mass is 261 g/mol. The van der Waals surface area contributed by atoms with E-state index in [0.717, 1.165) is 35.1 Å². The molecule has 2 aromatic rings. The van der Waals surface area contributed by atoms with Crippen molar-refractivity contribution in [1.82, 2.24) is 10.2 Å². The van der Waals surface area contributed by atoms with Gasteiger partial charge in [0.25, 0.3) is 0 Å². The Labute approximate surface area is 112 Å². The lowest BCUT2D eigenvalue weighted by atomic mass is 9.78. The Morgan fingerprint density at radius 2 is 1.94 bits per heavy atom. The van der Waals surface area contributed by atoms with Crippen LogP contribution in [0.15, 0.2) is 24.3 Å². The molecule has 0 saturated heterocycles. The number of nitrogens with one attached hydrogen (secondary N) is 1. The van der Waals surface area contributed by atoms with Gasteiger partial charge >= 0.3 is 0 Å². The molecule has 1 aromatic carbocycles. The van der Waals surface area contributed by atoms with Crippen LogP contribution in [-0.2, 0) is 0 Å². The molecule has 1 N–H and O–H groups in total. The number of aryl methyl sites for hydroxylation is 1. The summed E-state index contributed by atoms with van der Waals surface area (Å²) in [5.41, 5.74) is 0.985. The van der Waals surface area contributed by atoms with Gasteiger partial charge in [-0.05, 0) is 26.2 Å². The van der Waals surface area contributed by atoms with Gasteiger partial charge in [0.05, 0.1) is 11.2 Å². The number of nitrogens with zero attached hydrogens (tertiary/aromatic N) is 2. The van der Waals surface area contributed by atoms with Crippen LogP contribution in [-0.4, -0.2) is 21.6 Å². The average Bonchev–Trinajstić information content (AvgIpc) is 2.37. The first-order valence-electron chi connectivity index (χ1n) is 6.30. The van der Waals surface area contributed by atoms with Crippen molar-refractivity contribution in [3.05, 3.63) is 30.0 Å². The second kappa shape index (κ2) is 4.39. The molecule has 0 aliphatic heterocycles. The van der Waals surface area contributed by atoms with Gasteiger partial charge in [-0.3, -0.25) is 0 Å². The second-order valence-corrected chi connectivity index (χ2v) is 5.34. The van der Waals surface area contributed by atoms with Gasteiger partial charge in [0, 0.05) is 16.7 Å². The van der Waals surface area contributed by atoms with Gasteiger partial charge < -0.3 is 5.32 Å². The fourth-order valence-corrected chi connectivity index (χ4v) is 2.81. The van der Waals surface area contributed by atoms with Gasteiger partial charge in [-0.1, -0.05) is 24.3 Å². The Kier molecular flexibility index (Phi) is 2.86. The zero-order valence-corrected chi connectivity index (χ0v) is 11.2. The number of hydrogen-bond donors (Lipinski definition) is 1.